The van der Waals surface area contributed by atoms with E-state index >= 15 is 0 Å². The molecule has 0 saturated carbocycles. The van der Waals surface area contributed by atoms with Crippen LogP contribution in [0, 0.1) is 0 Å². The Morgan fingerprint density at radius 1 is 0.800 bits per heavy atom. The Labute approximate surface area is 116 Å². The highest BCUT2D eigenvalue weighted by Gasteiger charge is 2.09. The average Bonchev–Trinajstić information content (AvgIpc) is 2.44. The Kier molecular flexibility index (Phi) is 2.43. The first-order valence-electron chi connectivity index (χ1n) is 6.82. The summed E-state index contributed by atoms with van der Waals surface area (Å²) in [6.45, 7) is 0. The molecule has 0 aliphatic carbocycles. The van der Waals surface area contributed by atoms with Crippen LogP contribution in [0.2, 0.25) is 0 Å². The molecule has 0 spiro atoms. The van der Waals surface area contributed by atoms with Crippen molar-refractivity contribution >= 4 is 32.3 Å². The van der Waals surface area contributed by atoms with Gasteiger partial charge in [0.05, 0.1) is 0 Å². The van der Waals surface area contributed by atoms with E-state index in [1.54, 1.807) is 0 Å². The van der Waals surface area contributed by atoms with E-state index in [0.717, 1.165) is 5.56 Å². The number of hydrogen-bond acceptors (Lipinski definition) is 2. The van der Waals surface area contributed by atoms with E-state index in [-0.39, 0.29) is 0 Å². The summed E-state index contributed by atoms with van der Waals surface area (Å²) in [6.07, 6.45) is -0.320. The summed E-state index contributed by atoms with van der Waals surface area (Å²) in [5.74, 6) is 0. The quantitative estimate of drug-likeness (QED) is 0.429. The fourth-order valence-electron chi connectivity index (χ4n) is 3.18. The van der Waals surface area contributed by atoms with Gasteiger partial charge in [-0.15, -0.1) is 0 Å². The van der Waals surface area contributed by atoms with Gasteiger partial charge in [0.15, 0.2) is 0 Å². The van der Waals surface area contributed by atoms with E-state index < -0.39 is 6.23 Å². The van der Waals surface area contributed by atoms with Gasteiger partial charge in [0.2, 0.25) is 0 Å². The number of rotatable bonds is 2. The summed E-state index contributed by atoms with van der Waals surface area (Å²) in [5, 5.41) is 17.0. The lowest BCUT2D eigenvalue weighted by molar-refractivity contribution is 0.183. The molecule has 4 aromatic rings. The zero-order chi connectivity index (χ0) is 13.7. The number of aliphatic hydroxyl groups is 1. The van der Waals surface area contributed by atoms with Gasteiger partial charge in [-0.1, -0.05) is 54.6 Å². The lowest BCUT2D eigenvalue weighted by Gasteiger charge is -2.13. The second kappa shape index (κ2) is 4.17. The van der Waals surface area contributed by atoms with Crippen LogP contribution in [0.5, 0.6) is 0 Å². The maximum absolute atomic E-state index is 9.38. The van der Waals surface area contributed by atoms with Gasteiger partial charge in [0.25, 0.3) is 0 Å². The highest BCUT2D eigenvalue weighted by Crippen LogP contribution is 2.35. The second-order valence-electron chi connectivity index (χ2n) is 5.40. The monoisotopic (exact) mass is 261 g/mol. The molecular formula is C18H15NO. The standard InChI is InChI=1S/C18H15NO/c19-16(20)10-11-8-14-6-4-12-2-1-3-13-5-7-15(9-11)18(14)17(12)13/h1-9,16,20H,10,19H2/t16-/m1/s1. The largest absolute Gasteiger partial charge is 0.378 e. The molecule has 0 aliphatic rings. The van der Waals surface area contributed by atoms with Crippen molar-refractivity contribution in [1.82, 2.24) is 0 Å². The van der Waals surface area contributed by atoms with Crippen molar-refractivity contribution in [2.45, 2.75) is 12.6 Å². The fourth-order valence-corrected chi connectivity index (χ4v) is 3.18. The first kappa shape index (κ1) is 11.6. The molecule has 0 bridgehead atoms. The maximum Gasteiger partial charge on any atom is 0.106 e. The van der Waals surface area contributed by atoms with Gasteiger partial charge < -0.3 is 10.8 Å². The van der Waals surface area contributed by atoms with Crippen LogP contribution in [-0.4, -0.2) is 11.3 Å². The van der Waals surface area contributed by atoms with Crippen LogP contribution in [0.1, 0.15) is 5.56 Å². The Balaban J connectivity index is 2.13. The molecule has 4 rings (SSSR count). The van der Waals surface area contributed by atoms with Crippen molar-refractivity contribution < 1.29 is 5.11 Å². The number of aliphatic hydroxyl groups excluding tert-OH is 1. The molecule has 3 N–H and O–H groups in total. The number of benzene rings is 4. The van der Waals surface area contributed by atoms with Crippen LogP contribution in [0.4, 0.5) is 0 Å². The zero-order valence-corrected chi connectivity index (χ0v) is 11.0. The van der Waals surface area contributed by atoms with Gasteiger partial charge in [-0.3, -0.25) is 0 Å². The minimum atomic E-state index is -0.803. The lowest BCUT2D eigenvalue weighted by Crippen LogP contribution is -2.21. The Morgan fingerprint density at radius 2 is 1.30 bits per heavy atom. The van der Waals surface area contributed by atoms with Crippen LogP contribution < -0.4 is 5.73 Å². The molecule has 0 unspecified atom stereocenters. The summed E-state index contributed by atoms with van der Waals surface area (Å²) < 4.78 is 0. The molecule has 0 aliphatic heterocycles. The molecule has 1 atom stereocenters. The smallest absolute Gasteiger partial charge is 0.106 e. The SMILES string of the molecule is N[C@H](O)Cc1cc2ccc3cccc4ccc(c1)c2c34. The van der Waals surface area contributed by atoms with Crippen molar-refractivity contribution in [2.75, 3.05) is 0 Å². The van der Waals surface area contributed by atoms with E-state index in [1.165, 1.54) is 32.3 Å². The normalized spacial score (nSPS) is 13.5. The third-order valence-electron chi connectivity index (χ3n) is 3.97. The molecule has 2 heteroatoms. The third-order valence-corrected chi connectivity index (χ3v) is 3.97. The molecule has 0 amide bonds. The summed E-state index contributed by atoms with van der Waals surface area (Å²) >= 11 is 0. The zero-order valence-electron chi connectivity index (χ0n) is 11.0. The van der Waals surface area contributed by atoms with Crippen molar-refractivity contribution in [1.29, 1.82) is 0 Å². The Hall–Kier alpha value is -2.16. The summed E-state index contributed by atoms with van der Waals surface area (Å²) in [6, 6.07) is 19.3. The van der Waals surface area contributed by atoms with Crippen LogP contribution in [0.25, 0.3) is 32.3 Å². The predicted molar refractivity (Wildman–Crippen MR) is 84.0 cm³/mol. The highest BCUT2D eigenvalue weighted by molar-refractivity contribution is 6.23. The molecule has 0 aromatic heterocycles. The topological polar surface area (TPSA) is 46.2 Å². The van der Waals surface area contributed by atoms with Gasteiger partial charge in [0.1, 0.15) is 6.23 Å². The van der Waals surface area contributed by atoms with Gasteiger partial charge in [-0.25, -0.2) is 0 Å². The molecule has 0 fully saturated rings. The molecule has 20 heavy (non-hydrogen) atoms. The van der Waals surface area contributed by atoms with Crippen LogP contribution in [0.3, 0.4) is 0 Å². The summed E-state index contributed by atoms with van der Waals surface area (Å²) in [4.78, 5) is 0. The number of nitrogens with two attached hydrogens (primary N) is 1. The van der Waals surface area contributed by atoms with Gasteiger partial charge in [0, 0.05) is 6.42 Å². The molecule has 0 heterocycles. The molecule has 4 aromatic carbocycles. The van der Waals surface area contributed by atoms with Gasteiger partial charge in [-0.05, 0) is 37.9 Å². The molecule has 2 nitrogen and oxygen atoms in total. The van der Waals surface area contributed by atoms with Crippen LogP contribution >= 0.6 is 0 Å². The maximum atomic E-state index is 9.38. The summed E-state index contributed by atoms with van der Waals surface area (Å²) in [7, 11) is 0. The van der Waals surface area contributed by atoms with Crippen LogP contribution in [-0.2, 0) is 6.42 Å². The molecular weight excluding hydrogens is 246 g/mol. The van der Waals surface area contributed by atoms with E-state index in [2.05, 4.69) is 54.6 Å². The first-order chi connectivity index (χ1) is 9.72. The van der Waals surface area contributed by atoms with E-state index in [1.807, 2.05) is 0 Å². The van der Waals surface area contributed by atoms with E-state index in [0.29, 0.717) is 6.42 Å². The predicted octanol–water partition coefficient (Wildman–Crippen LogP) is 3.40. The fraction of sp³-hybridized carbons (Fsp3) is 0.111. The van der Waals surface area contributed by atoms with Gasteiger partial charge >= 0.3 is 0 Å². The summed E-state index contributed by atoms with van der Waals surface area (Å²) in [5.41, 5.74) is 6.57. The minimum Gasteiger partial charge on any atom is -0.378 e. The molecule has 98 valence electrons. The minimum absolute atomic E-state index is 0.483. The lowest BCUT2D eigenvalue weighted by atomic mass is 9.92. The van der Waals surface area contributed by atoms with Crippen molar-refractivity contribution in [3.05, 3.63) is 60.2 Å². The Bertz CT molecular complexity index is 847. The van der Waals surface area contributed by atoms with E-state index in [9.17, 15) is 5.11 Å². The van der Waals surface area contributed by atoms with E-state index in [4.69, 9.17) is 5.73 Å². The van der Waals surface area contributed by atoms with Gasteiger partial charge in [-0.2, -0.15) is 0 Å². The van der Waals surface area contributed by atoms with Crippen molar-refractivity contribution in [3.63, 3.8) is 0 Å². The average molecular weight is 261 g/mol. The first-order valence-corrected chi connectivity index (χ1v) is 6.82. The Morgan fingerprint density at radius 3 is 1.85 bits per heavy atom. The number of hydrogen-bond donors (Lipinski definition) is 2. The third kappa shape index (κ3) is 1.66. The highest BCUT2D eigenvalue weighted by atomic mass is 16.3. The second-order valence-corrected chi connectivity index (χ2v) is 5.40. The van der Waals surface area contributed by atoms with Crippen molar-refractivity contribution in [3.8, 4) is 0 Å². The van der Waals surface area contributed by atoms with Crippen LogP contribution in [0.15, 0.2) is 54.6 Å². The van der Waals surface area contributed by atoms with Crippen molar-refractivity contribution in [2.24, 2.45) is 5.73 Å². The molecule has 0 saturated heterocycles. The molecule has 0 radical (unpaired) electrons.